The van der Waals surface area contributed by atoms with Crippen LogP contribution < -0.4 is 15.0 Å². The largest absolute Gasteiger partial charge is 0.492 e. The zero-order valence-electron chi connectivity index (χ0n) is 28.2. The predicted molar refractivity (Wildman–Crippen MR) is 188 cm³/mol. The summed E-state index contributed by atoms with van der Waals surface area (Å²) in [6.07, 6.45) is 14.7. The van der Waals surface area contributed by atoms with Gasteiger partial charge in [0.1, 0.15) is 29.0 Å². The summed E-state index contributed by atoms with van der Waals surface area (Å²) in [5, 5.41) is 2.01. The lowest BCUT2D eigenvalue weighted by atomic mass is 10.1. The van der Waals surface area contributed by atoms with Crippen LogP contribution in [0.4, 0.5) is 23.2 Å². The van der Waals surface area contributed by atoms with Gasteiger partial charge in [-0.05, 0) is 43.7 Å². The molecule has 0 radical (unpaired) electrons. The van der Waals surface area contributed by atoms with Gasteiger partial charge < -0.3 is 15.0 Å². The first-order valence-corrected chi connectivity index (χ1v) is 18.5. The fraction of sp³-hybridized carbons (Fsp3) is 0.474. The van der Waals surface area contributed by atoms with E-state index in [-0.39, 0.29) is 28.6 Å². The Balaban J connectivity index is 1.32. The summed E-state index contributed by atoms with van der Waals surface area (Å²) in [7, 11) is 0. The number of hydrogen-bond donors (Lipinski definition) is 1. The number of fused-ring (bicyclic) bond motifs is 1. The van der Waals surface area contributed by atoms with Gasteiger partial charge in [-0.2, -0.15) is 0 Å². The highest BCUT2D eigenvalue weighted by Gasteiger charge is 2.33. The predicted octanol–water partition coefficient (Wildman–Crippen LogP) is 10.9. The van der Waals surface area contributed by atoms with Crippen molar-refractivity contribution in [3.05, 3.63) is 87.4 Å². The number of benzene rings is 3. The molecule has 49 heavy (non-hydrogen) atoms. The molecule has 1 atom stereocenters. The molecule has 0 aliphatic carbocycles. The molecular weight excluding hydrogens is 676 g/mol. The summed E-state index contributed by atoms with van der Waals surface area (Å²) in [4.78, 5) is 28.2. The fourth-order valence-corrected chi connectivity index (χ4v) is 7.21. The molecule has 0 bridgehead atoms. The van der Waals surface area contributed by atoms with E-state index in [1.165, 1.54) is 92.6 Å². The molecule has 1 aliphatic rings. The maximum Gasteiger partial charge on any atom is 0.251 e. The van der Waals surface area contributed by atoms with Crippen molar-refractivity contribution in [2.75, 3.05) is 11.5 Å². The van der Waals surface area contributed by atoms with E-state index >= 15 is 4.39 Å². The zero-order valence-corrected chi connectivity index (χ0v) is 29.8. The average Bonchev–Trinajstić information content (AvgIpc) is 3.06. The number of anilines is 1. The molecule has 266 valence electrons. The topological polar surface area (TPSA) is 58.6 Å². The molecule has 2 amide bonds. The highest BCUT2D eigenvalue weighted by molar-refractivity contribution is 8.01. The van der Waals surface area contributed by atoms with Gasteiger partial charge in [0, 0.05) is 40.3 Å². The third-order valence-corrected chi connectivity index (χ3v) is 10.2. The number of rotatable bonds is 19. The van der Waals surface area contributed by atoms with E-state index in [9.17, 15) is 22.8 Å². The lowest BCUT2D eigenvalue weighted by Crippen LogP contribution is -2.39. The molecule has 1 heterocycles. The molecule has 4 rings (SSSR count). The van der Waals surface area contributed by atoms with Gasteiger partial charge in [-0.25, -0.2) is 17.6 Å². The summed E-state index contributed by atoms with van der Waals surface area (Å²) in [6, 6.07) is 8.48. The van der Waals surface area contributed by atoms with E-state index < -0.39 is 46.5 Å². The number of hydrogen-bond acceptors (Lipinski definition) is 4. The van der Waals surface area contributed by atoms with Gasteiger partial charge in [-0.15, -0.1) is 11.8 Å². The smallest absolute Gasteiger partial charge is 0.251 e. The van der Waals surface area contributed by atoms with Crippen molar-refractivity contribution in [3.63, 3.8) is 0 Å². The molecule has 0 saturated carbocycles. The Morgan fingerprint density at radius 1 is 0.837 bits per heavy atom. The number of nitrogens with one attached hydrogen (secondary N) is 1. The van der Waals surface area contributed by atoms with E-state index in [1.807, 2.05) is 0 Å². The molecule has 3 aromatic rings. The molecule has 1 aliphatic heterocycles. The van der Waals surface area contributed by atoms with Gasteiger partial charge in [0.2, 0.25) is 5.91 Å². The third kappa shape index (κ3) is 10.9. The van der Waals surface area contributed by atoms with Crippen LogP contribution in [0.3, 0.4) is 0 Å². The van der Waals surface area contributed by atoms with Crippen LogP contribution in [0.1, 0.15) is 112 Å². The molecule has 3 aromatic carbocycles. The molecule has 0 spiro atoms. The van der Waals surface area contributed by atoms with Gasteiger partial charge in [-0.3, -0.25) is 9.59 Å². The van der Waals surface area contributed by atoms with E-state index in [0.717, 1.165) is 19.3 Å². The summed E-state index contributed by atoms with van der Waals surface area (Å²) in [5.74, 6) is -4.35. The molecule has 11 heteroatoms. The van der Waals surface area contributed by atoms with Crippen molar-refractivity contribution >= 4 is 40.9 Å². The average molecular weight is 721 g/mol. The van der Waals surface area contributed by atoms with Crippen molar-refractivity contribution in [3.8, 4) is 5.75 Å². The van der Waals surface area contributed by atoms with Gasteiger partial charge in [0.25, 0.3) is 5.91 Å². The van der Waals surface area contributed by atoms with Crippen molar-refractivity contribution in [1.82, 2.24) is 5.32 Å². The summed E-state index contributed by atoms with van der Waals surface area (Å²) >= 11 is 7.88. The van der Waals surface area contributed by atoms with Crippen LogP contribution in [-0.2, 0) is 17.9 Å². The number of halogens is 5. The second-order valence-corrected chi connectivity index (χ2v) is 14.2. The minimum Gasteiger partial charge on any atom is -0.492 e. The minimum atomic E-state index is -1.11. The van der Waals surface area contributed by atoms with Crippen LogP contribution in [0.5, 0.6) is 5.75 Å². The number of carbonyl (C=O) groups excluding carboxylic acids is 2. The summed E-state index contributed by atoms with van der Waals surface area (Å²) in [5.41, 5.74) is 0.316. The summed E-state index contributed by atoms with van der Waals surface area (Å²) in [6.45, 7) is 3.76. The standard InChI is InChI=1S/C38H45ClF4N2O3S/c1-3-4-5-6-7-8-9-10-11-12-13-14-19-48-34-18-16-30(41)29(36(34)39)24-45-33-17-15-26(20-35(33)49-25(2)38(45)47)37(46)44-23-28-31(42)21-27(40)22-32(28)43/h15-18,20-22,25H,3-14,19,23-24H2,1-2H3,(H,44,46). The van der Waals surface area contributed by atoms with E-state index in [2.05, 4.69) is 12.2 Å². The monoisotopic (exact) mass is 720 g/mol. The Hall–Kier alpha value is -3.24. The van der Waals surface area contributed by atoms with Crippen molar-refractivity contribution in [1.29, 1.82) is 0 Å². The van der Waals surface area contributed by atoms with Crippen LogP contribution in [0.15, 0.2) is 47.4 Å². The number of nitrogens with zero attached hydrogens (tertiary/aromatic N) is 1. The zero-order chi connectivity index (χ0) is 35.3. The first-order chi connectivity index (χ1) is 23.6. The van der Waals surface area contributed by atoms with E-state index in [1.54, 1.807) is 19.1 Å². The third-order valence-electron chi connectivity index (χ3n) is 8.68. The van der Waals surface area contributed by atoms with Gasteiger partial charge in [0.05, 0.1) is 29.1 Å². The molecule has 5 nitrogen and oxygen atoms in total. The maximum absolute atomic E-state index is 15.1. The Kier molecular flexibility index (Phi) is 15.1. The summed E-state index contributed by atoms with van der Waals surface area (Å²) < 4.78 is 62.4. The highest BCUT2D eigenvalue weighted by atomic mass is 35.5. The lowest BCUT2D eigenvalue weighted by molar-refractivity contribution is -0.118. The van der Waals surface area contributed by atoms with Crippen molar-refractivity contribution in [2.24, 2.45) is 0 Å². The first kappa shape index (κ1) is 38.6. The number of thioether (sulfide) groups is 1. The van der Waals surface area contributed by atoms with Crippen LogP contribution in [-0.4, -0.2) is 23.7 Å². The minimum absolute atomic E-state index is 0.107. The van der Waals surface area contributed by atoms with Gasteiger partial charge >= 0.3 is 0 Å². The Labute approximate surface area is 296 Å². The Morgan fingerprint density at radius 3 is 2.08 bits per heavy atom. The van der Waals surface area contributed by atoms with Crippen LogP contribution >= 0.6 is 23.4 Å². The number of ether oxygens (including phenoxy) is 1. The first-order valence-electron chi connectivity index (χ1n) is 17.2. The highest BCUT2D eigenvalue weighted by Crippen LogP contribution is 2.42. The SMILES string of the molecule is CCCCCCCCCCCCCCOc1ccc(F)c(CN2C(=O)C(C)Sc3cc(C(=O)NCc4c(F)cc(F)cc4F)ccc32)c1Cl. The van der Waals surface area contributed by atoms with E-state index in [0.29, 0.717) is 35.1 Å². The Morgan fingerprint density at radius 2 is 1.45 bits per heavy atom. The Bertz CT molecular complexity index is 1570. The van der Waals surface area contributed by atoms with Gasteiger partial charge in [0.15, 0.2) is 0 Å². The van der Waals surface area contributed by atoms with Crippen LogP contribution in [0.25, 0.3) is 0 Å². The van der Waals surface area contributed by atoms with Crippen molar-refractivity contribution in [2.45, 2.75) is 114 Å². The van der Waals surface area contributed by atoms with Gasteiger partial charge in [-0.1, -0.05) is 89.2 Å². The normalized spacial score (nSPS) is 14.2. The fourth-order valence-electron chi connectivity index (χ4n) is 5.84. The second kappa shape index (κ2) is 19.2. The lowest BCUT2D eigenvalue weighted by Gasteiger charge is -2.33. The molecule has 1 N–H and O–H groups in total. The van der Waals surface area contributed by atoms with E-state index in [4.69, 9.17) is 16.3 Å². The number of unbranched alkanes of at least 4 members (excludes halogenated alkanes) is 11. The number of amides is 2. The second-order valence-electron chi connectivity index (χ2n) is 12.5. The molecule has 0 aromatic heterocycles. The molecule has 0 saturated heterocycles. The van der Waals surface area contributed by atoms with Crippen LogP contribution in [0, 0.1) is 23.3 Å². The number of carbonyl (C=O) groups is 2. The molecule has 0 fully saturated rings. The van der Waals surface area contributed by atoms with Crippen molar-refractivity contribution < 1.29 is 31.9 Å². The maximum atomic E-state index is 15.1. The molecule has 1 unspecified atom stereocenters. The van der Waals surface area contributed by atoms with Crippen LogP contribution in [0.2, 0.25) is 5.02 Å². The quantitative estimate of drug-likeness (QED) is 0.0989. The molecular formula is C38H45ClF4N2O3S.